The summed E-state index contributed by atoms with van der Waals surface area (Å²) in [6.07, 6.45) is 4.92. The molecule has 3 aromatic rings. The van der Waals surface area contributed by atoms with Crippen LogP contribution in [0.2, 0.25) is 0 Å². The van der Waals surface area contributed by atoms with Crippen molar-refractivity contribution in [2.75, 3.05) is 43.1 Å². The van der Waals surface area contributed by atoms with Crippen molar-refractivity contribution in [3.05, 3.63) is 42.0 Å². The Kier molecular flexibility index (Phi) is 4.24. The molecule has 3 aliphatic rings. The number of aromatic nitrogens is 2. The van der Waals surface area contributed by atoms with Crippen molar-refractivity contribution in [2.24, 2.45) is 5.92 Å². The molecule has 1 aromatic carbocycles. The van der Waals surface area contributed by atoms with Gasteiger partial charge in [-0.1, -0.05) is 6.92 Å². The van der Waals surface area contributed by atoms with Crippen molar-refractivity contribution in [1.82, 2.24) is 14.9 Å². The summed E-state index contributed by atoms with van der Waals surface area (Å²) in [4.78, 5) is 26.2. The van der Waals surface area contributed by atoms with E-state index in [1.54, 1.807) is 18.5 Å². The maximum absolute atomic E-state index is 15.2. The number of halogens is 1. The number of amides is 1. The van der Waals surface area contributed by atoms with Crippen LogP contribution in [0.3, 0.4) is 0 Å². The highest BCUT2D eigenvalue weighted by molar-refractivity contribution is 6.12. The van der Waals surface area contributed by atoms with Crippen LogP contribution in [0.4, 0.5) is 21.6 Å². The molecule has 8 heteroatoms. The Morgan fingerprint density at radius 3 is 2.61 bits per heavy atom. The molecule has 1 saturated carbocycles. The Bertz CT molecular complexity index is 1310. The largest absolute Gasteiger partial charge is 0.396 e. The van der Waals surface area contributed by atoms with Gasteiger partial charge in [-0.2, -0.15) is 0 Å². The minimum atomic E-state index is -0.535. The van der Waals surface area contributed by atoms with Gasteiger partial charge >= 0.3 is 0 Å². The number of carbonyl (C=O) groups excluding carboxylic acids is 1. The molecule has 2 fully saturated rings. The molecule has 2 aromatic heterocycles. The van der Waals surface area contributed by atoms with Gasteiger partial charge in [-0.05, 0) is 45.0 Å². The fourth-order valence-electron chi connectivity index (χ4n) is 5.76. The second kappa shape index (κ2) is 6.87. The first kappa shape index (κ1) is 20.4. The Labute approximate surface area is 191 Å². The minimum Gasteiger partial charge on any atom is -0.396 e. The van der Waals surface area contributed by atoms with E-state index < -0.39 is 5.41 Å². The molecule has 1 aliphatic carbocycles. The van der Waals surface area contributed by atoms with Gasteiger partial charge in [0.1, 0.15) is 5.82 Å². The lowest BCUT2D eigenvalue weighted by molar-refractivity contribution is -0.125. The lowest BCUT2D eigenvalue weighted by atomic mass is 9.59. The molecule has 4 heterocycles. The molecule has 0 radical (unpaired) electrons. The number of carbonyl (C=O) groups is 1. The molecule has 3 N–H and O–H groups in total. The van der Waals surface area contributed by atoms with Crippen molar-refractivity contribution in [3.63, 3.8) is 0 Å². The van der Waals surface area contributed by atoms with Crippen LogP contribution in [0.1, 0.15) is 25.3 Å². The third-order valence-electron chi connectivity index (χ3n) is 7.61. The molecule has 1 spiro atoms. The van der Waals surface area contributed by atoms with E-state index in [9.17, 15) is 4.79 Å². The van der Waals surface area contributed by atoms with E-state index in [0.717, 1.165) is 48.4 Å². The molecule has 0 unspecified atom stereocenters. The van der Waals surface area contributed by atoms with Gasteiger partial charge in [0.25, 0.3) is 0 Å². The van der Waals surface area contributed by atoms with Crippen LogP contribution in [0.15, 0.2) is 30.6 Å². The standard InChI is InChI=1S/C25H27FN6O/c1-13-7-25(8-13)22-17-5-16(18(26)6-20(17)28-10-21(22)30-24(25)33)14-4-19(27)23(29-9-14)32-11-15(12-32)31(2)3/h4-6,9-10,13,15H,7-8,11-12,27H2,1-3H3,(H,30,33). The van der Waals surface area contributed by atoms with Crippen molar-refractivity contribution in [1.29, 1.82) is 0 Å². The number of nitrogens with one attached hydrogen (secondary N) is 1. The number of nitrogen functional groups attached to an aromatic ring is 1. The maximum atomic E-state index is 15.2. The predicted octanol–water partition coefficient (Wildman–Crippen LogP) is 3.39. The number of nitrogens with two attached hydrogens (primary N) is 1. The van der Waals surface area contributed by atoms with E-state index in [2.05, 4.69) is 46.1 Å². The molecular formula is C25H27FN6O. The first-order valence-electron chi connectivity index (χ1n) is 11.4. The van der Waals surface area contributed by atoms with E-state index in [0.29, 0.717) is 34.3 Å². The molecule has 0 atom stereocenters. The van der Waals surface area contributed by atoms with Gasteiger partial charge in [0.2, 0.25) is 5.91 Å². The smallest absolute Gasteiger partial charge is 0.235 e. The molecule has 1 saturated heterocycles. The van der Waals surface area contributed by atoms with Crippen LogP contribution in [0.25, 0.3) is 22.0 Å². The highest BCUT2D eigenvalue weighted by Gasteiger charge is 2.55. The van der Waals surface area contributed by atoms with Crippen LogP contribution in [0, 0.1) is 11.7 Å². The van der Waals surface area contributed by atoms with Crippen molar-refractivity contribution >= 4 is 34.0 Å². The quantitative estimate of drug-likeness (QED) is 0.641. The minimum absolute atomic E-state index is 0.0246. The SMILES string of the molecule is CC1CC2(C1)C(=O)Nc1cnc3cc(F)c(-c4cnc(N5CC(N(C)C)C5)c(N)c4)cc3c12. The third kappa shape index (κ3) is 2.86. The van der Waals surface area contributed by atoms with Gasteiger partial charge in [0.15, 0.2) is 5.82 Å². The molecule has 33 heavy (non-hydrogen) atoms. The lowest BCUT2D eigenvalue weighted by Crippen LogP contribution is -2.57. The Morgan fingerprint density at radius 2 is 1.94 bits per heavy atom. The van der Waals surface area contributed by atoms with E-state index in [-0.39, 0.29) is 11.7 Å². The summed E-state index contributed by atoms with van der Waals surface area (Å²) in [5, 5.41) is 3.81. The Balaban J connectivity index is 1.42. The van der Waals surface area contributed by atoms with Gasteiger partial charge in [-0.25, -0.2) is 9.37 Å². The van der Waals surface area contributed by atoms with Crippen molar-refractivity contribution in [3.8, 4) is 11.1 Å². The topological polar surface area (TPSA) is 87.4 Å². The van der Waals surface area contributed by atoms with E-state index in [4.69, 9.17) is 5.73 Å². The summed E-state index contributed by atoms with van der Waals surface area (Å²) in [5.41, 5.74) is 9.61. The zero-order valence-electron chi connectivity index (χ0n) is 19.0. The number of benzene rings is 1. The van der Waals surface area contributed by atoms with Crippen LogP contribution in [-0.2, 0) is 10.2 Å². The van der Waals surface area contributed by atoms with Crippen molar-refractivity contribution < 1.29 is 9.18 Å². The summed E-state index contributed by atoms with van der Waals surface area (Å²) < 4.78 is 15.2. The van der Waals surface area contributed by atoms with Crippen LogP contribution < -0.4 is 16.0 Å². The van der Waals surface area contributed by atoms with Gasteiger partial charge < -0.3 is 20.9 Å². The second-order valence-electron chi connectivity index (χ2n) is 10.1. The van der Waals surface area contributed by atoms with Crippen molar-refractivity contribution in [2.45, 2.75) is 31.2 Å². The number of hydrogen-bond acceptors (Lipinski definition) is 6. The van der Waals surface area contributed by atoms with Crippen LogP contribution in [-0.4, -0.2) is 54.0 Å². The van der Waals surface area contributed by atoms with Crippen LogP contribution in [0.5, 0.6) is 0 Å². The summed E-state index contributed by atoms with van der Waals surface area (Å²) in [7, 11) is 4.13. The molecule has 1 amide bonds. The summed E-state index contributed by atoms with van der Waals surface area (Å²) >= 11 is 0. The zero-order chi connectivity index (χ0) is 23.1. The molecular weight excluding hydrogens is 419 g/mol. The van der Waals surface area contributed by atoms with Crippen LogP contribution >= 0.6 is 0 Å². The summed E-state index contributed by atoms with van der Waals surface area (Å²) in [5.74, 6) is 0.859. The number of hydrogen-bond donors (Lipinski definition) is 2. The highest BCUT2D eigenvalue weighted by atomic mass is 19.1. The van der Waals surface area contributed by atoms with E-state index in [1.807, 2.05) is 6.07 Å². The normalized spacial score (nSPS) is 24.2. The maximum Gasteiger partial charge on any atom is 0.235 e. The zero-order valence-corrected chi connectivity index (χ0v) is 19.0. The summed E-state index contributed by atoms with van der Waals surface area (Å²) in [6.45, 7) is 3.89. The number of fused-ring (bicyclic) bond motifs is 4. The average molecular weight is 447 g/mol. The monoisotopic (exact) mass is 446 g/mol. The number of pyridine rings is 2. The fourth-order valence-corrected chi connectivity index (χ4v) is 5.76. The molecule has 2 aliphatic heterocycles. The fraction of sp³-hybridized carbons (Fsp3) is 0.400. The lowest BCUT2D eigenvalue weighted by Gasteiger charge is -2.43. The van der Waals surface area contributed by atoms with Gasteiger partial charge in [0.05, 0.1) is 28.5 Å². The third-order valence-corrected chi connectivity index (χ3v) is 7.61. The number of anilines is 3. The predicted molar refractivity (Wildman–Crippen MR) is 128 cm³/mol. The average Bonchev–Trinajstić information content (AvgIpc) is 3.00. The van der Waals surface area contributed by atoms with Gasteiger partial charge in [0, 0.05) is 53.5 Å². The first-order chi connectivity index (χ1) is 15.8. The number of rotatable bonds is 3. The highest BCUT2D eigenvalue weighted by Crippen LogP contribution is 2.55. The molecule has 6 rings (SSSR count). The Hall–Kier alpha value is -3.26. The van der Waals surface area contributed by atoms with E-state index in [1.165, 1.54) is 6.07 Å². The van der Waals surface area contributed by atoms with Gasteiger partial charge in [-0.15, -0.1) is 0 Å². The number of nitrogens with zero attached hydrogens (tertiary/aromatic N) is 4. The molecule has 7 nitrogen and oxygen atoms in total. The second-order valence-corrected chi connectivity index (χ2v) is 10.1. The van der Waals surface area contributed by atoms with Gasteiger partial charge in [-0.3, -0.25) is 9.78 Å². The number of likely N-dealkylation sites (N-methyl/N-ethyl adjacent to an activating group) is 1. The summed E-state index contributed by atoms with van der Waals surface area (Å²) in [6, 6.07) is 5.53. The first-order valence-corrected chi connectivity index (χ1v) is 11.4. The molecule has 170 valence electrons. The molecule has 0 bridgehead atoms. The Morgan fingerprint density at radius 1 is 1.18 bits per heavy atom. The van der Waals surface area contributed by atoms with E-state index >= 15 is 4.39 Å².